The summed E-state index contributed by atoms with van der Waals surface area (Å²) in [7, 11) is 0. The first-order valence-corrected chi connectivity index (χ1v) is 13.1. The Morgan fingerprint density at radius 3 is 2.17 bits per heavy atom. The molecule has 0 saturated carbocycles. The first kappa shape index (κ1) is 30.1. The highest BCUT2D eigenvalue weighted by Crippen LogP contribution is 2.20. The van der Waals surface area contributed by atoms with Gasteiger partial charge in [-0.15, -0.1) is 0 Å². The number of aromatic amines is 1. The summed E-state index contributed by atoms with van der Waals surface area (Å²) in [5.41, 5.74) is 13.2. The fourth-order valence-electron chi connectivity index (χ4n) is 4.36. The average molecular weight is 553 g/mol. The number of amides is 3. The number of carbonyl (C=O) groups is 4. The zero-order valence-corrected chi connectivity index (χ0v) is 22.1. The number of H-pyrrole nitrogens is 1. The van der Waals surface area contributed by atoms with Gasteiger partial charge in [0.25, 0.3) is 0 Å². The third kappa shape index (κ3) is 8.55. The quantitative estimate of drug-likeness (QED) is 0.122. The molecule has 0 aliphatic carbocycles. The number of carboxylic acids is 1. The van der Waals surface area contributed by atoms with E-state index >= 15 is 0 Å². The van der Waals surface area contributed by atoms with E-state index in [4.69, 9.17) is 11.5 Å². The lowest BCUT2D eigenvalue weighted by Gasteiger charge is -2.24. The lowest BCUT2D eigenvalue weighted by Crippen LogP contribution is -2.57. The molecule has 3 unspecified atom stereocenters. The number of nitrogens with two attached hydrogens (primary N) is 2. The summed E-state index contributed by atoms with van der Waals surface area (Å²) < 4.78 is 0. The second-order valence-corrected chi connectivity index (χ2v) is 9.50. The Hall–Kier alpha value is -4.42. The zero-order chi connectivity index (χ0) is 29.1. The van der Waals surface area contributed by atoms with Crippen LogP contribution in [0.25, 0.3) is 10.9 Å². The van der Waals surface area contributed by atoms with E-state index in [1.165, 1.54) is 12.1 Å². The molecule has 3 atom stereocenters. The number of aromatic nitrogens is 1. The van der Waals surface area contributed by atoms with Gasteiger partial charge in [-0.2, -0.15) is 0 Å². The smallest absolute Gasteiger partial charge is 0.326 e. The van der Waals surface area contributed by atoms with E-state index in [1.807, 2.05) is 24.3 Å². The molecule has 0 saturated heterocycles. The Kier molecular flexibility index (Phi) is 11.0. The van der Waals surface area contributed by atoms with Gasteiger partial charge in [-0.3, -0.25) is 14.4 Å². The van der Waals surface area contributed by atoms with Gasteiger partial charge in [0.05, 0.1) is 6.54 Å². The molecule has 40 heavy (non-hydrogen) atoms. The van der Waals surface area contributed by atoms with E-state index in [2.05, 4.69) is 20.9 Å². The number of fused-ring (bicyclic) bond motifs is 1. The highest BCUT2D eigenvalue weighted by atomic mass is 16.4. The fourth-order valence-corrected chi connectivity index (χ4v) is 4.36. The third-order valence-corrected chi connectivity index (χ3v) is 6.51. The molecule has 3 amide bonds. The summed E-state index contributed by atoms with van der Waals surface area (Å²) in [6, 6.07) is 10.0. The van der Waals surface area contributed by atoms with Crippen molar-refractivity contribution >= 4 is 34.6 Å². The molecule has 10 N–H and O–H groups in total. The number of phenols is 1. The summed E-state index contributed by atoms with van der Waals surface area (Å²) >= 11 is 0. The molecule has 0 aliphatic heterocycles. The van der Waals surface area contributed by atoms with Crippen molar-refractivity contribution in [3.63, 3.8) is 0 Å². The van der Waals surface area contributed by atoms with Crippen molar-refractivity contribution in [3.8, 4) is 5.75 Å². The maximum atomic E-state index is 13.5. The maximum absolute atomic E-state index is 13.5. The molecule has 1 aromatic heterocycles. The number of phenolic OH excluding ortho intramolecular Hbond substituents is 1. The van der Waals surface area contributed by atoms with Crippen molar-refractivity contribution < 1.29 is 29.4 Å². The van der Waals surface area contributed by atoms with Crippen LogP contribution in [0.4, 0.5) is 0 Å². The number of unbranched alkanes of at least 4 members (excludes halogenated alkanes) is 1. The average Bonchev–Trinajstić information content (AvgIpc) is 3.35. The molecule has 0 spiro atoms. The number of aromatic hydroxyl groups is 1. The first-order chi connectivity index (χ1) is 19.2. The van der Waals surface area contributed by atoms with Crippen molar-refractivity contribution in [2.45, 2.75) is 50.2 Å². The number of rotatable bonds is 15. The van der Waals surface area contributed by atoms with E-state index in [0.717, 1.165) is 16.5 Å². The van der Waals surface area contributed by atoms with Crippen LogP contribution in [0.5, 0.6) is 5.75 Å². The molecular formula is C28H36N6O6. The number of carbonyl (C=O) groups excluding carboxylic acids is 3. The molecule has 1 heterocycles. The van der Waals surface area contributed by atoms with Gasteiger partial charge in [-0.25, -0.2) is 4.79 Å². The second kappa shape index (κ2) is 14.7. The van der Waals surface area contributed by atoms with E-state index in [9.17, 15) is 29.4 Å². The molecule has 12 heteroatoms. The Balaban J connectivity index is 1.84. The van der Waals surface area contributed by atoms with Crippen molar-refractivity contribution in [1.29, 1.82) is 0 Å². The standard InChI is InChI=1S/C28H36N6O6/c29-12-4-3-7-22(32-25(36)15-30)26(37)33-23(14-18-16-31-21-6-2-1-5-20(18)21)27(38)34-24(28(39)40)13-17-8-10-19(35)11-9-17/h1-2,5-6,8-11,16,22-24,31,35H,3-4,7,12-15,29-30H2,(H,32,36)(H,33,37)(H,34,38)(H,39,40). The van der Waals surface area contributed by atoms with Crippen LogP contribution in [0, 0.1) is 0 Å². The molecule has 214 valence electrons. The maximum Gasteiger partial charge on any atom is 0.326 e. The number of benzene rings is 2. The minimum absolute atomic E-state index is 0.0314. The minimum atomic E-state index is -1.29. The number of nitrogens with one attached hydrogen (secondary N) is 4. The van der Waals surface area contributed by atoms with E-state index in [-0.39, 0.29) is 31.6 Å². The van der Waals surface area contributed by atoms with Crippen LogP contribution in [0.1, 0.15) is 30.4 Å². The Morgan fingerprint density at radius 1 is 0.825 bits per heavy atom. The third-order valence-electron chi connectivity index (χ3n) is 6.51. The number of hydrogen-bond donors (Lipinski definition) is 8. The van der Waals surface area contributed by atoms with Crippen LogP contribution in [0.15, 0.2) is 54.7 Å². The molecule has 0 aliphatic rings. The minimum Gasteiger partial charge on any atom is -0.508 e. The summed E-state index contributed by atoms with van der Waals surface area (Å²) in [5, 5.41) is 28.0. The predicted octanol–water partition coefficient (Wildman–Crippen LogP) is 0.285. The monoisotopic (exact) mass is 552 g/mol. The Morgan fingerprint density at radius 2 is 1.50 bits per heavy atom. The van der Waals surface area contributed by atoms with Gasteiger partial charge in [-0.05, 0) is 55.1 Å². The topological polar surface area (TPSA) is 213 Å². The van der Waals surface area contributed by atoms with Gasteiger partial charge in [0.15, 0.2) is 0 Å². The summed E-state index contributed by atoms with van der Waals surface area (Å²) in [5.74, 6) is -3.04. The highest BCUT2D eigenvalue weighted by molar-refractivity contribution is 5.94. The van der Waals surface area contributed by atoms with Crippen LogP contribution >= 0.6 is 0 Å². The molecule has 12 nitrogen and oxygen atoms in total. The first-order valence-electron chi connectivity index (χ1n) is 13.1. The zero-order valence-electron chi connectivity index (χ0n) is 22.1. The molecule has 0 radical (unpaired) electrons. The van der Waals surface area contributed by atoms with Gasteiger partial charge in [0.2, 0.25) is 17.7 Å². The summed E-state index contributed by atoms with van der Waals surface area (Å²) in [6.07, 6.45) is 3.24. The number of para-hydroxylation sites is 1. The fraction of sp³-hybridized carbons (Fsp3) is 0.357. The van der Waals surface area contributed by atoms with E-state index in [1.54, 1.807) is 18.3 Å². The number of carboxylic acid groups (broad SMARTS) is 1. The molecule has 3 rings (SSSR count). The van der Waals surface area contributed by atoms with Crippen LogP contribution in [-0.4, -0.2) is 70.1 Å². The lowest BCUT2D eigenvalue weighted by molar-refractivity contribution is -0.142. The van der Waals surface area contributed by atoms with Crippen LogP contribution < -0.4 is 27.4 Å². The number of hydrogen-bond acceptors (Lipinski definition) is 7. The largest absolute Gasteiger partial charge is 0.508 e. The van der Waals surface area contributed by atoms with Crippen molar-refractivity contribution in [1.82, 2.24) is 20.9 Å². The van der Waals surface area contributed by atoms with E-state index in [0.29, 0.717) is 24.9 Å². The van der Waals surface area contributed by atoms with Gasteiger partial charge in [-0.1, -0.05) is 30.3 Å². The van der Waals surface area contributed by atoms with Gasteiger partial charge in [0.1, 0.15) is 23.9 Å². The lowest BCUT2D eigenvalue weighted by atomic mass is 10.0. The van der Waals surface area contributed by atoms with Crippen LogP contribution in [0.3, 0.4) is 0 Å². The second-order valence-electron chi connectivity index (χ2n) is 9.50. The predicted molar refractivity (Wildman–Crippen MR) is 149 cm³/mol. The van der Waals surface area contributed by atoms with Crippen molar-refractivity contribution in [3.05, 3.63) is 65.9 Å². The molecule has 2 aromatic carbocycles. The Labute approximate surface area is 231 Å². The normalized spacial score (nSPS) is 13.2. The van der Waals surface area contributed by atoms with Crippen molar-refractivity contribution in [2.75, 3.05) is 13.1 Å². The molecular weight excluding hydrogens is 516 g/mol. The molecule has 3 aromatic rings. The summed E-state index contributed by atoms with van der Waals surface area (Å²) in [6.45, 7) is 0.111. The SMILES string of the molecule is NCCCCC(NC(=O)CN)C(=O)NC(Cc1c[nH]c2ccccc12)C(=O)NC(Cc1ccc(O)cc1)C(=O)O. The Bertz CT molecular complexity index is 1310. The van der Waals surface area contributed by atoms with Gasteiger partial charge in [0, 0.05) is 29.9 Å². The molecule has 0 bridgehead atoms. The highest BCUT2D eigenvalue weighted by Gasteiger charge is 2.30. The van der Waals surface area contributed by atoms with Crippen LogP contribution in [-0.2, 0) is 32.0 Å². The van der Waals surface area contributed by atoms with Gasteiger partial charge < -0.3 is 42.6 Å². The molecule has 0 fully saturated rings. The number of aliphatic carboxylic acids is 1. The van der Waals surface area contributed by atoms with E-state index < -0.39 is 41.8 Å². The van der Waals surface area contributed by atoms with Crippen molar-refractivity contribution in [2.24, 2.45) is 11.5 Å². The van der Waals surface area contributed by atoms with Crippen LogP contribution in [0.2, 0.25) is 0 Å². The van der Waals surface area contributed by atoms with Gasteiger partial charge >= 0.3 is 5.97 Å². The summed E-state index contributed by atoms with van der Waals surface area (Å²) in [4.78, 5) is 54.0.